The molecule has 0 aliphatic rings. The van der Waals surface area contributed by atoms with Gasteiger partial charge >= 0.3 is 6.03 Å². The van der Waals surface area contributed by atoms with E-state index in [2.05, 4.69) is 46.4 Å². The molecule has 4 aromatic heterocycles. The third-order valence-electron chi connectivity index (χ3n) is 7.23. The number of anilines is 2. The lowest BCUT2D eigenvalue weighted by molar-refractivity contribution is 0.262. The van der Waals surface area contributed by atoms with Gasteiger partial charge in [0.05, 0.1) is 29.9 Å². The van der Waals surface area contributed by atoms with Gasteiger partial charge in [-0.3, -0.25) is 10.3 Å². The highest BCUT2D eigenvalue weighted by molar-refractivity contribution is 6.07. The molecule has 9 heteroatoms. The van der Waals surface area contributed by atoms with Gasteiger partial charge < -0.3 is 10.1 Å². The predicted molar refractivity (Wildman–Crippen MR) is 170 cm³/mol. The standard InChI is InChI=1S/C34H33N7O2/c1-22-11-12-24(21-37-22)41-31(20-30(40-41)34(2,3)4)39-33(42)38-28-13-14-29(27-9-6-5-8-26(27)28)43-19-16-23-15-18-36-32-25(23)10-7-17-35-32/h5-15,17-18,20-21H,16,19H2,1-4H3,(H2,38,39,42). The van der Waals surface area contributed by atoms with Gasteiger partial charge in [-0.25, -0.2) is 19.4 Å². The van der Waals surface area contributed by atoms with Gasteiger partial charge in [0.15, 0.2) is 5.65 Å². The first-order chi connectivity index (χ1) is 20.8. The molecule has 0 saturated heterocycles. The summed E-state index contributed by atoms with van der Waals surface area (Å²) in [5, 5.41) is 13.6. The number of nitrogens with zero attached hydrogens (tertiary/aromatic N) is 5. The average Bonchev–Trinajstić information content (AvgIpc) is 3.43. The summed E-state index contributed by atoms with van der Waals surface area (Å²) in [5.41, 5.74) is 4.85. The van der Waals surface area contributed by atoms with Crippen LogP contribution in [-0.2, 0) is 11.8 Å². The molecule has 0 unspecified atom stereocenters. The number of carbonyl (C=O) groups is 1. The van der Waals surface area contributed by atoms with E-state index in [1.54, 1.807) is 23.3 Å². The molecule has 0 atom stereocenters. The van der Waals surface area contributed by atoms with Crippen LogP contribution in [0.25, 0.3) is 27.5 Å². The van der Waals surface area contributed by atoms with Gasteiger partial charge in [-0.15, -0.1) is 0 Å². The van der Waals surface area contributed by atoms with E-state index < -0.39 is 0 Å². The fourth-order valence-electron chi connectivity index (χ4n) is 4.92. The van der Waals surface area contributed by atoms with Crippen molar-refractivity contribution in [3.05, 3.63) is 108 Å². The minimum Gasteiger partial charge on any atom is -0.493 e. The maximum Gasteiger partial charge on any atom is 0.324 e. The lowest BCUT2D eigenvalue weighted by Crippen LogP contribution is -2.21. The maximum absolute atomic E-state index is 13.3. The zero-order valence-electron chi connectivity index (χ0n) is 24.6. The van der Waals surface area contributed by atoms with Crippen LogP contribution in [0, 0.1) is 6.92 Å². The molecule has 2 aromatic carbocycles. The minimum absolute atomic E-state index is 0.205. The van der Waals surface area contributed by atoms with Crippen molar-refractivity contribution in [1.82, 2.24) is 24.7 Å². The molecule has 0 radical (unpaired) electrons. The van der Waals surface area contributed by atoms with Gasteiger partial charge in [0.2, 0.25) is 0 Å². The number of amides is 2. The Morgan fingerprint density at radius 3 is 2.44 bits per heavy atom. The highest BCUT2D eigenvalue weighted by Crippen LogP contribution is 2.32. The summed E-state index contributed by atoms with van der Waals surface area (Å²) in [6, 6.07) is 23.0. The Balaban J connectivity index is 1.21. The maximum atomic E-state index is 13.3. The first kappa shape index (κ1) is 27.8. The molecule has 216 valence electrons. The molecule has 2 amide bonds. The lowest BCUT2D eigenvalue weighted by Gasteiger charge is -2.14. The van der Waals surface area contributed by atoms with E-state index in [0.29, 0.717) is 24.5 Å². The number of nitrogens with one attached hydrogen (secondary N) is 2. The van der Waals surface area contributed by atoms with E-state index in [-0.39, 0.29) is 11.4 Å². The van der Waals surface area contributed by atoms with Crippen LogP contribution in [0.2, 0.25) is 0 Å². The van der Waals surface area contributed by atoms with E-state index in [9.17, 15) is 4.79 Å². The number of fused-ring (bicyclic) bond motifs is 2. The molecule has 6 rings (SSSR count). The molecule has 43 heavy (non-hydrogen) atoms. The highest BCUT2D eigenvalue weighted by Gasteiger charge is 2.22. The van der Waals surface area contributed by atoms with Gasteiger partial charge in [-0.2, -0.15) is 5.10 Å². The molecule has 0 bridgehead atoms. The number of aryl methyl sites for hydroxylation is 1. The van der Waals surface area contributed by atoms with Gasteiger partial charge in [0.1, 0.15) is 11.6 Å². The highest BCUT2D eigenvalue weighted by atomic mass is 16.5. The first-order valence-electron chi connectivity index (χ1n) is 14.2. The third-order valence-corrected chi connectivity index (χ3v) is 7.23. The summed E-state index contributed by atoms with van der Waals surface area (Å²) in [7, 11) is 0. The van der Waals surface area contributed by atoms with E-state index in [1.165, 1.54) is 0 Å². The molecule has 2 N–H and O–H groups in total. The summed E-state index contributed by atoms with van der Waals surface area (Å²) in [6.07, 6.45) is 5.98. The normalized spacial score (nSPS) is 11.5. The Bertz CT molecular complexity index is 1920. The van der Waals surface area contributed by atoms with Crippen LogP contribution >= 0.6 is 0 Å². The zero-order chi connectivity index (χ0) is 30.0. The Morgan fingerprint density at radius 2 is 1.65 bits per heavy atom. The minimum atomic E-state index is -0.376. The van der Waals surface area contributed by atoms with E-state index in [4.69, 9.17) is 9.84 Å². The quantitative estimate of drug-likeness (QED) is 0.209. The summed E-state index contributed by atoms with van der Waals surface area (Å²) in [5.74, 6) is 1.30. The van der Waals surface area contributed by atoms with Crippen LogP contribution in [-0.4, -0.2) is 37.4 Å². The van der Waals surface area contributed by atoms with Gasteiger partial charge in [-0.05, 0) is 55.0 Å². The largest absolute Gasteiger partial charge is 0.493 e. The molecule has 9 nitrogen and oxygen atoms in total. The molecule has 0 aliphatic heterocycles. The Hall–Kier alpha value is -5.31. The number of benzene rings is 2. The second-order valence-electron chi connectivity index (χ2n) is 11.4. The number of hydrogen-bond donors (Lipinski definition) is 2. The van der Waals surface area contributed by atoms with E-state index in [0.717, 1.165) is 50.2 Å². The number of urea groups is 1. The Kier molecular flexibility index (Phi) is 7.46. The monoisotopic (exact) mass is 571 g/mol. The summed E-state index contributed by atoms with van der Waals surface area (Å²) >= 11 is 0. The van der Waals surface area contributed by atoms with E-state index in [1.807, 2.05) is 79.7 Å². The van der Waals surface area contributed by atoms with Gasteiger partial charge in [-0.1, -0.05) is 45.0 Å². The molecular weight excluding hydrogens is 538 g/mol. The first-order valence-corrected chi connectivity index (χ1v) is 14.2. The third kappa shape index (κ3) is 6.01. The second kappa shape index (κ2) is 11.5. The second-order valence-corrected chi connectivity index (χ2v) is 11.4. The van der Waals surface area contributed by atoms with Crippen molar-refractivity contribution in [2.45, 2.75) is 39.5 Å². The molecule has 0 fully saturated rings. The van der Waals surface area contributed by atoms with Crippen LogP contribution in [0.15, 0.2) is 91.4 Å². The number of pyridine rings is 3. The van der Waals surface area contributed by atoms with Crippen molar-refractivity contribution in [3.63, 3.8) is 0 Å². The average molecular weight is 572 g/mol. The number of rotatable bonds is 7. The summed E-state index contributed by atoms with van der Waals surface area (Å²) in [4.78, 5) is 26.4. The lowest BCUT2D eigenvalue weighted by atomic mass is 9.92. The molecule has 0 saturated carbocycles. The van der Waals surface area contributed by atoms with Crippen LogP contribution in [0.1, 0.15) is 37.7 Å². The van der Waals surface area contributed by atoms with Gasteiger partial charge in [0.25, 0.3) is 0 Å². The smallest absolute Gasteiger partial charge is 0.324 e. The number of carbonyl (C=O) groups excluding carboxylic acids is 1. The molecule has 0 aliphatic carbocycles. The van der Waals surface area contributed by atoms with E-state index >= 15 is 0 Å². The fraction of sp³-hybridized carbons (Fsp3) is 0.206. The van der Waals surface area contributed by atoms with Crippen molar-refractivity contribution < 1.29 is 9.53 Å². The molecule has 0 spiro atoms. The molecule has 4 heterocycles. The van der Waals surface area contributed by atoms with Crippen molar-refractivity contribution in [1.29, 1.82) is 0 Å². The van der Waals surface area contributed by atoms with Crippen LogP contribution in [0.3, 0.4) is 0 Å². The summed E-state index contributed by atoms with van der Waals surface area (Å²) < 4.78 is 7.96. The van der Waals surface area contributed by atoms with Crippen LogP contribution in [0.4, 0.5) is 16.3 Å². The van der Waals surface area contributed by atoms with Gasteiger partial charge in [0, 0.05) is 52.1 Å². The number of aromatic nitrogens is 5. The SMILES string of the molecule is Cc1ccc(-n2nc(C(C)(C)C)cc2NC(=O)Nc2ccc(OCCc3ccnc4ncccc34)c3ccccc23)cn1. The Morgan fingerprint density at radius 1 is 0.860 bits per heavy atom. The molecular formula is C34H33N7O2. The summed E-state index contributed by atoms with van der Waals surface area (Å²) in [6.45, 7) is 8.68. The van der Waals surface area contributed by atoms with Crippen molar-refractivity contribution in [2.75, 3.05) is 17.2 Å². The number of ether oxygens (including phenoxy) is 1. The zero-order valence-corrected chi connectivity index (χ0v) is 24.6. The topological polar surface area (TPSA) is 107 Å². The predicted octanol–water partition coefficient (Wildman–Crippen LogP) is 7.24. The van der Waals surface area contributed by atoms with Crippen LogP contribution in [0.5, 0.6) is 5.75 Å². The van der Waals surface area contributed by atoms with Crippen molar-refractivity contribution >= 4 is 39.3 Å². The Labute approximate surface area is 250 Å². The van der Waals surface area contributed by atoms with Crippen LogP contribution < -0.4 is 15.4 Å². The fourth-order valence-corrected chi connectivity index (χ4v) is 4.92. The van der Waals surface area contributed by atoms with Crippen molar-refractivity contribution in [2.24, 2.45) is 0 Å². The molecule has 6 aromatic rings. The van der Waals surface area contributed by atoms with Crippen molar-refractivity contribution in [3.8, 4) is 11.4 Å². The number of hydrogen-bond acceptors (Lipinski definition) is 6.